The molecule has 0 aliphatic carbocycles. The summed E-state index contributed by atoms with van der Waals surface area (Å²) in [6.45, 7) is 8.40. The lowest BCUT2D eigenvalue weighted by Gasteiger charge is -2.36. The molecule has 0 atom stereocenters. The summed E-state index contributed by atoms with van der Waals surface area (Å²) in [7, 11) is 0. The van der Waals surface area contributed by atoms with E-state index >= 15 is 0 Å². The van der Waals surface area contributed by atoms with E-state index < -0.39 is 11.4 Å². The minimum absolute atomic E-state index is 0.0992. The van der Waals surface area contributed by atoms with E-state index in [0.717, 1.165) is 39.7 Å². The van der Waals surface area contributed by atoms with Gasteiger partial charge in [-0.15, -0.1) is 0 Å². The highest BCUT2D eigenvalue weighted by Gasteiger charge is 2.37. The molecule has 2 saturated heterocycles. The van der Waals surface area contributed by atoms with Gasteiger partial charge in [0, 0.05) is 57.6 Å². The first-order valence-electron chi connectivity index (χ1n) is 13.7. The lowest BCUT2D eigenvalue weighted by Crippen LogP contribution is -2.43. The Hall–Kier alpha value is -3.80. The van der Waals surface area contributed by atoms with E-state index in [2.05, 4.69) is 26.7 Å². The van der Waals surface area contributed by atoms with Crippen molar-refractivity contribution in [1.82, 2.24) is 25.2 Å². The molecule has 0 unspecified atom stereocenters. The predicted molar refractivity (Wildman–Crippen MR) is 155 cm³/mol. The second-order valence-electron chi connectivity index (χ2n) is 10.8. The fourth-order valence-corrected chi connectivity index (χ4v) is 6.47. The summed E-state index contributed by atoms with van der Waals surface area (Å²) in [6.07, 6.45) is 6.41. The van der Waals surface area contributed by atoms with Gasteiger partial charge in [-0.25, -0.2) is 19.7 Å². The molecule has 2 fully saturated rings. The van der Waals surface area contributed by atoms with Gasteiger partial charge in [-0.3, -0.25) is 14.9 Å². The summed E-state index contributed by atoms with van der Waals surface area (Å²) in [5, 5.41) is 15.6. The van der Waals surface area contributed by atoms with Crippen molar-refractivity contribution in [1.29, 1.82) is 0 Å². The van der Waals surface area contributed by atoms with Crippen LogP contribution in [0.25, 0.3) is 21.3 Å². The molecule has 2 aliphatic rings. The first-order valence-corrected chi connectivity index (χ1v) is 14.5. The van der Waals surface area contributed by atoms with Crippen LogP contribution in [0.2, 0.25) is 0 Å². The van der Waals surface area contributed by atoms with Crippen LogP contribution in [0.15, 0.2) is 24.5 Å². The van der Waals surface area contributed by atoms with Crippen LogP contribution in [0.5, 0.6) is 0 Å². The number of urea groups is 1. The zero-order valence-electron chi connectivity index (χ0n) is 23.1. The van der Waals surface area contributed by atoms with E-state index in [1.54, 1.807) is 26.2 Å². The van der Waals surface area contributed by atoms with Crippen LogP contribution in [0, 0.1) is 5.41 Å². The molecule has 3 amide bonds. The monoisotopic (exact) mass is 565 g/mol. The van der Waals surface area contributed by atoms with Crippen LogP contribution in [0.3, 0.4) is 0 Å². The quantitative estimate of drug-likeness (QED) is 0.402. The molecule has 0 radical (unpaired) electrons. The number of fused-ring (bicyclic) bond motifs is 1. The third-order valence-electron chi connectivity index (χ3n) is 8.09. The molecule has 40 heavy (non-hydrogen) atoms. The number of amides is 3. The lowest BCUT2D eigenvalue weighted by molar-refractivity contribution is -0.149. The van der Waals surface area contributed by atoms with Gasteiger partial charge >= 0.3 is 12.0 Å². The number of hydrogen-bond acceptors (Lipinski definition) is 8. The van der Waals surface area contributed by atoms with Gasteiger partial charge in [-0.05, 0) is 68.7 Å². The number of aliphatic carboxylic acids is 1. The first kappa shape index (κ1) is 27.8. The molecule has 2 aliphatic heterocycles. The van der Waals surface area contributed by atoms with Gasteiger partial charge in [-0.1, -0.05) is 11.3 Å². The van der Waals surface area contributed by atoms with E-state index in [0.29, 0.717) is 56.6 Å². The molecule has 5 rings (SSSR count). The van der Waals surface area contributed by atoms with Crippen LogP contribution in [-0.2, 0) is 9.59 Å². The van der Waals surface area contributed by atoms with Gasteiger partial charge in [0.15, 0.2) is 5.13 Å². The van der Waals surface area contributed by atoms with Crippen molar-refractivity contribution in [2.24, 2.45) is 5.41 Å². The number of piperidine rings is 2. The number of rotatable bonds is 6. The molecule has 3 aromatic rings. The normalized spacial score (nSPS) is 17.6. The van der Waals surface area contributed by atoms with Gasteiger partial charge in [0.05, 0.1) is 15.6 Å². The second kappa shape index (κ2) is 11.4. The van der Waals surface area contributed by atoms with Crippen LogP contribution in [0.1, 0.15) is 57.9 Å². The van der Waals surface area contributed by atoms with Crippen molar-refractivity contribution in [3.8, 4) is 11.1 Å². The summed E-state index contributed by atoms with van der Waals surface area (Å²) in [5.41, 5.74) is 3.04. The Bertz CT molecular complexity index is 1410. The Labute approximate surface area is 237 Å². The molecular formula is C28H35N7O4S. The summed E-state index contributed by atoms with van der Waals surface area (Å²) in [6, 6.07) is 3.88. The largest absolute Gasteiger partial charge is 0.481 e. The highest BCUT2D eigenvalue weighted by Crippen LogP contribution is 2.40. The minimum atomic E-state index is -0.757. The summed E-state index contributed by atoms with van der Waals surface area (Å²) < 4.78 is 1.03. The number of carboxylic acids is 1. The number of nitrogens with zero attached hydrogens (tertiary/aromatic N) is 5. The molecule has 0 spiro atoms. The van der Waals surface area contributed by atoms with Crippen molar-refractivity contribution < 1.29 is 19.5 Å². The van der Waals surface area contributed by atoms with E-state index in [1.165, 1.54) is 11.3 Å². The number of carboxylic acid groups (broad SMARTS) is 1. The molecule has 212 valence electrons. The van der Waals surface area contributed by atoms with Gasteiger partial charge < -0.3 is 20.2 Å². The molecule has 3 N–H and O–H groups in total. The Morgan fingerprint density at radius 1 is 1.07 bits per heavy atom. The van der Waals surface area contributed by atoms with Gasteiger partial charge in [0.2, 0.25) is 11.9 Å². The number of nitrogens with one attached hydrogen (secondary N) is 2. The van der Waals surface area contributed by atoms with Crippen molar-refractivity contribution in [3.05, 3.63) is 30.1 Å². The van der Waals surface area contributed by atoms with Crippen LogP contribution in [-0.4, -0.2) is 75.6 Å². The average molecular weight is 566 g/mol. The first-order chi connectivity index (χ1) is 19.2. The van der Waals surface area contributed by atoms with Crippen LogP contribution >= 0.6 is 11.3 Å². The van der Waals surface area contributed by atoms with Crippen molar-refractivity contribution in [2.45, 2.75) is 52.4 Å². The zero-order chi connectivity index (χ0) is 28.4. The smallest absolute Gasteiger partial charge is 0.321 e. The van der Waals surface area contributed by atoms with Gasteiger partial charge in [-0.2, -0.15) is 0 Å². The fraction of sp³-hybridized carbons (Fsp3) is 0.500. The number of carbonyl (C=O) groups excluding carboxylic acids is 2. The van der Waals surface area contributed by atoms with E-state index in [-0.39, 0.29) is 17.9 Å². The number of anilines is 2. The maximum absolute atomic E-state index is 12.2. The maximum Gasteiger partial charge on any atom is 0.321 e. The average Bonchev–Trinajstić information content (AvgIpc) is 3.35. The highest BCUT2D eigenvalue weighted by molar-refractivity contribution is 7.22. The molecule has 0 saturated carbocycles. The lowest BCUT2D eigenvalue weighted by atomic mass is 9.80. The van der Waals surface area contributed by atoms with Crippen LogP contribution in [0.4, 0.5) is 15.9 Å². The number of hydrogen-bond donors (Lipinski definition) is 3. The molecule has 1 aromatic carbocycles. The number of carbonyl (C=O) groups is 3. The maximum atomic E-state index is 12.2. The summed E-state index contributed by atoms with van der Waals surface area (Å²) in [5.74, 6) is 0.194. The third-order valence-corrected chi connectivity index (χ3v) is 9.13. The summed E-state index contributed by atoms with van der Waals surface area (Å²) in [4.78, 5) is 53.5. The van der Waals surface area contributed by atoms with E-state index in [1.807, 2.05) is 22.8 Å². The molecule has 0 bridgehead atoms. The molecule has 11 nitrogen and oxygen atoms in total. The van der Waals surface area contributed by atoms with Gasteiger partial charge in [0.1, 0.15) is 0 Å². The fourth-order valence-electron chi connectivity index (χ4n) is 5.44. The molecule has 2 aromatic heterocycles. The topological polar surface area (TPSA) is 141 Å². The standard InChI is InChI=1S/C28H35N7O4S/c1-4-29-26(39)33-27-32-22-14-19(13-21(23(22)40-27)18-5-9-34(10-6-18)17(2)36)20-15-30-25(31-16-20)35-11-7-28(3,8-12-35)24(37)38/h13-16,18H,4-12H2,1-3H3,(H,37,38)(H2,29,32,33,39). The van der Waals surface area contributed by atoms with Crippen LogP contribution < -0.4 is 15.5 Å². The SMILES string of the molecule is CCNC(=O)Nc1nc2cc(-c3cnc(N4CCC(C)(C(=O)O)CC4)nc3)cc(C3CCN(C(C)=O)CC3)c2s1. The third kappa shape index (κ3) is 5.72. The molecular weight excluding hydrogens is 530 g/mol. The minimum Gasteiger partial charge on any atom is -0.481 e. The Morgan fingerprint density at radius 2 is 1.75 bits per heavy atom. The van der Waals surface area contributed by atoms with Gasteiger partial charge in [0.25, 0.3) is 0 Å². The summed E-state index contributed by atoms with van der Waals surface area (Å²) >= 11 is 1.46. The number of thiazole rings is 1. The number of benzene rings is 1. The zero-order valence-corrected chi connectivity index (χ0v) is 23.9. The van der Waals surface area contributed by atoms with Crippen molar-refractivity contribution in [2.75, 3.05) is 42.9 Å². The Kier molecular flexibility index (Phi) is 7.88. The van der Waals surface area contributed by atoms with Crippen molar-refractivity contribution >= 4 is 50.5 Å². The molecule has 12 heteroatoms. The van der Waals surface area contributed by atoms with Crippen molar-refractivity contribution in [3.63, 3.8) is 0 Å². The highest BCUT2D eigenvalue weighted by atomic mass is 32.1. The Morgan fingerprint density at radius 3 is 2.35 bits per heavy atom. The number of aromatic nitrogens is 3. The second-order valence-corrected chi connectivity index (χ2v) is 11.8. The Balaban J connectivity index is 1.43. The molecule has 4 heterocycles. The van der Waals surface area contributed by atoms with E-state index in [9.17, 15) is 19.5 Å². The predicted octanol–water partition coefficient (Wildman–Crippen LogP) is 4.31. The number of likely N-dealkylation sites (tertiary alicyclic amines) is 1. The van der Waals surface area contributed by atoms with E-state index in [4.69, 9.17) is 4.98 Å².